The lowest BCUT2D eigenvalue weighted by Crippen LogP contribution is -2.45. The zero-order chi connectivity index (χ0) is 27.2. The molecule has 0 spiro atoms. The Kier molecular flexibility index (Phi) is 9.15. The third-order valence-corrected chi connectivity index (χ3v) is 9.29. The average Bonchev–Trinajstić information content (AvgIpc) is 3.29. The van der Waals surface area contributed by atoms with E-state index >= 15 is 0 Å². The summed E-state index contributed by atoms with van der Waals surface area (Å²) >= 11 is 1.83. The van der Waals surface area contributed by atoms with Crippen molar-refractivity contribution in [2.75, 3.05) is 39.3 Å². The highest BCUT2D eigenvalue weighted by molar-refractivity contribution is 7.10. The lowest BCUT2D eigenvalue weighted by molar-refractivity contribution is -0.132. The zero-order valence-corrected chi connectivity index (χ0v) is 24.2. The Morgan fingerprint density at radius 2 is 1.64 bits per heavy atom. The minimum atomic E-state index is 0.0741. The molecule has 1 fully saturated rings. The van der Waals surface area contributed by atoms with Gasteiger partial charge in [-0.3, -0.25) is 14.5 Å². The van der Waals surface area contributed by atoms with Crippen LogP contribution in [-0.4, -0.2) is 65.8 Å². The number of rotatable bonds is 8. The molecule has 2 aliphatic rings. The molecule has 0 aliphatic carbocycles. The summed E-state index contributed by atoms with van der Waals surface area (Å²) in [5.41, 5.74) is 5.93. The molecule has 6 heteroatoms. The lowest BCUT2D eigenvalue weighted by Gasteiger charge is -2.37. The largest absolute Gasteiger partial charge is 0.340 e. The highest BCUT2D eigenvalue weighted by Gasteiger charge is 2.33. The third kappa shape index (κ3) is 6.44. The van der Waals surface area contributed by atoms with Gasteiger partial charge < -0.3 is 9.80 Å². The Morgan fingerprint density at radius 3 is 2.44 bits per heavy atom. The number of benzene rings is 2. The number of aryl methyl sites for hydroxylation is 2. The summed E-state index contributed by atoms with van der Waals surface area (Å²) in [7, 11) is 0. The van der Waals surface area contributed by atoms with E-state index in [1.807, 2.05) is 33.3 Å². The molecule has 0 unspecified atom stereocenters. The lowest BCUT2D eigenvalue weighted by atomic mass is 9.90. The van der Waals surface area contributed by atoms with Crippen LogP contribution in [0.2, 0.25) is 0 Å². The Hall–Kier alpha value is -2.96. The van der Waals surface area contributed by atoms with Crippen molar-refractivity contribution >= 4 is 23.2 Å². The van der Waals surface area contributed by atoms with Gasteiger partial charge >= 0.3 is 0 Å². The second kappa shape index (κ2) is 12.9. The number of carbonyl (C=O) groups is 2. The molecule has 3 aromatic rings. The van der Waals surface area contributed by atoms with E-state index in [1.165, 1.54) is 46.4 Å². The standard InChI is InChI=1S/C33H41N3O2S/c1-3-4-5-10-26-12-14-27(15-13-26)33(38)35-19-8-18-34(21-22-35)31(37)24-36-20-16-30-29(17-23-39-30)32(36)28-11-7-6-9-25(28)2/h6-7,9,11-15,17,23,32H,3-5,8,10,16,18-22,24H2,1-2H3/t32-/m0/s1. The van der Waals surface area contributed by atoms with Crippen LogP contribution in [0, 0.1) is 6.92 Å². The first-order chi connectivity index (χ1) is 19.0. The van der Waals surface area contributed by atoms with Crippen LogP contribution in [0.5, 0.6) is 0 Å². The van der Waals surface area contributed by atoms with Crippen molar-refractivity contribution in [3.05, 3.63) is 92.7 Å². The van der Waals surface area contributed by atoms with E-state index in [4.69, 9.17) is 0 Å². The van der Waals surface area contributed by atoms with E-state index in [2.05, 4.69) is 66.6 Å². The summed E-state index contributed by atoms with van der Waals surface area (Å²) in [5, 5.41) is 2.18. The molecule has 1 aromatic heterocycles. The molecule has 2 aliphatic heterocycles. The minimum absolute atomic E-state index is 0.0741. The van der Waals surface area contributed by atoms with Crippen LogP contribution in [0.4, 0.5) is 0 Å². The van der Waals surface area contributed by atoms with Crippen molar-refractivity contribution in [3.63, 3.8) is 0 Å². The number of hydrogen-bond acceptors (Lipinski definition) is 4. The SMILES string of the molecule is CCCCCc1ccc(C(=O)N2CCCN(C(=O)CN3CCc4sccc4[C@@H]3c3ccccc3C)CC2)cc1. The molecule has 5 rings (SSSR count). The van der Waals surface area contributed by atoms with Crippen molar-refractivity contribution in [1.82, 2.24) is 14.7 Å². The third-order valence-electron chi connectivity index (χ3n) is 8.29. The summed E-state index contributed by atoms with van der Waals surface area (Å²) < 4.78 is 0. The summed E-state index contributed by atoms with van der Waals surface area (Å²) in [4.78, 5) is 34.6. The van der Waals surface area contributed by atoms with E-state index in [-0.39, 0.29) is 17.9 Å². The molecule has 0 bridgehead atoms. The van der Waals surface area contributed by atoms with E-state index < -0.39 is 0 Å². The highest BCUT2D eigenvalue weighted by atomic mass is 32.1. The molecular formula is C33H41N3O2S. The van der Waals surface area contributed by atoms with Crippen LogP contribution < -0.4 is 0 Å². The van der Waals surface area contributed by atoms with E-state index in [0.29, 0.717) is 32.7 Å². The minimum Gasteiger partial charge on any atom is -0.340 e. The zero-order valence-electron chi connectivity index (χ0n) is 23.4. The maximum atomic E-state index is 13.6. The maximum absolute atomic E-state index is 13.6. The second-order valence-electron chi connectivity index (χ2n) is 11.0. The first-order valence-electron chi connectivity index (χ1n) is 14.6. The van der Waals surface area contributed by atoms with E-state index in [1.54, 1.807) is 0 Å². The molecule has 2 amide bonds. The number of carbonyl (C=O) groups excluding carboxylic acids is 2. The van der Waals surface area contributed by atoms with Gasteiger partial charge in [0.1, 0.15) is 0 Å². The Morgan fingerprint density at radius 1 is 0.872 bits per heavy atom. The average molecular weight is 544 g/mol. The van der Waals surface area contributed by atoms with Gasteiger partial charge in [0, 0.05) is 43.2 Å². The molecule has 5 nitrogen and oxygen atoms in total. The number of fused-ring (bicyclic) bond motifs is 1. The molecule has 3 heterocycles. The van der Waals surface area contributed by atoms with Crippen molar-refractivity contribution in [2.24, 2.45) is 0 Å². The fourth-order valence-corrected chi connectivity index (χ4v) is 6.92. The monoisotopic (exact) mass is 543 g/mol. The van der Waals surface area contributed by atoms with Gasteiger partial charge in [0.25, 0.3) is 5.91 Å². The van der Waals surface area contributed by atoms with Gasteiger partial charge in [-0.25, -0.2) is 0 Å². The summed E-state index contributed by atoms with van der Waals surface area (Å²) in [6.07, 6.45) is 6.51. The van der Waals surface area contributed by atoms with E-state index in [0.717, 1.165) is 31.4 Å². The molecule has 2 aromatic carbocycles. The van der Waals surface area contributed by atoms with Gasteiger partial charge in [0.15, 0.2) is 0 Å². The van der Waals surface area contributed by atoms with Crippen molar-refractivity contribution < 1.29 is 9.59 Å². The normalized spacial score (nSPS) is 18.1. The van der Waals surface area contributed by atoms with Crippen LogP contribution in [0.3, 0.4) is 0 Å². The highest BCUT2D eigenvalue weighted by Crippen LogP contribution is 2.38. The van der Waals surface area contributed by atoms with Gasteiger partial charge in [-0.1, -0.05) is 56.2 Å². The predicted molar refractivity (Wildman–Crippen MR) is 159 cm³/mol. The number of nitrogens with zero attached hydrogens (tertiary/aromatic N) is 3. The summed E-state index contributed by atoms with van der Waals surface area (Å²) in [5.74, 6) is 0.239. The predicted octanol–water partition coefficient (Wildman–Crippen LogP) is 6.11. The molecule has 0 saturated carbocycles. The quantitative estimate of drug-likeness (QED) is 0.322. The Bertz CT molecular complexity index is 1270. The molecule has 206 valence electrons. The first kappa shape index (κ1) is 27.6. The van der Waals surface area contributed by atoms with Crippen LogP contribution in [-0.2, 0) is 17.6 Å². The number of hydrogen-bond donors (Lipinski definition) is 0. The molecule has 1 saturated heterocycles. The van der Waals surface area contributed by atoms with Crippen LogP contribution in [0.1, 0.15) is 76.1 Å². The molecule has 0 N–H and O–H groups in total. The van der Waals surface area contributed by atoms with Crippen LogP contribution >= 0.6 is 11.3 Å². The number of thiophene rings is 1. The Balaban J connectivity index is 1.21. The number of amides is 2. The summed E-state index contributed by atoms with van der Waals surface area (Å²) in [6, 6.07) is 19.0. The van der Waals surface area contributed by atoms with Gasteiger partial charge in [0.05, 0.1) is 12.6 Å². The fourth-order valence-electron chi connectivity index (χ4n) is 6.02. The van der Waals surface area contributed by atoms with E-state index in [9.17, 15) is 9.59 Å². The smallest absolute Gasteiger partial charge is 0.253 e. The molecule has 39 heavy (non-hydrogen) atoms. The molecule has 0 radical (unpaired) electrons. The fraction of sp³-hybridized carbons (Fsp3) is 0.455. The summed E-state index contributed by atoms with van der Waals surface area (Å²) in [6.45, 7) is 8.22. The Labute approximate surface area is 237 Å². The first-order valence-corrected chi connectivity index (χ1v) is 15.4. The van der Waals surface area contributed by atoms with Crippen LogP contribution in [0.15, 0.2) is 60.0 Å². The van der Waals surface area contributed by atoms with Gasteiger partial charge in [-0.2, -0.15) is 0 Å². The van der Waals surface area contributed by atoms with Gasteiger partial charge in [-0.15, -0.1) is 11.3 Å². The molecular weight excluding hydrogens is 502 g/mol. The molecule has 1 atom stereocenters. The maximum Gasteiger partial charge on any atom is 0.253 e. The van der Waals surface area contributed by atoms with Crippen molar-refractivity contribution in [1.29, 1.82) is 0 Å². The van der Waals surface area contributed by atoms with Gasteiger partial charge in [0.2, 0.25) is 5.91 Å². The van der Waals surface area contributed by atoms with Crippen LogP contribution in [0.25, 0.3) is 0 Å². The van der Waals surface area contributed by atoms with Crippen molar-refractivity contribution in [2.45, 2.75) is 58.4 Å². The van der Waals surface area contributed by atoms with Gasteiger partial charge in [-0.05, 0) is 78.4 Å². The topological polar surface area (TPSA) is 43.9 Å². The van der Waals surface area contributed by atoms with Crippen molar-refractivity contribution in [3.8, 4) is 0 Å². The number of unbranched alkanes of at least 4 members (excludes halogenated alkanes) is 2. The second-order valence-corrected chi connectivity index (χ2v) is 12.0.